The molecule has 0 aliphatic carbocycles. The maximum Gasteiger partial charge on any atom is 0.154 e. The van der Waals surface area contributed by atoms with E-state index in [4.69, 9.17) is 5.73 Å². The highest BCUT2D eigenvalue weighted by Gasteiger charge is 2.14. The number of Topliss-reactive ketones (excluding diaryl/α,β-unsaturated/α-hetero) is 1. The van der Waals surface area contributed by atoms with Crippen LogP contribution in [0.4, 0.5) is 0 Å². The van der Waals surface area contributed by atoms with Gasteiger partial charge >= 0.3 is 0 Å². The molecule has 0 aliphatic rings. The zero-order chi connectivity index (χ0) is 11.8. The lowest BCUT2D eigenvalue weighted by Crippen LogP contribution is -2.21. The number of rotatable bonds is 7. The number of carbonyl (C=O) groups excluding carboxylic acids is 1. The largest absolute Gasteiger partial charge is 0.318 e. The molecule has 0 aliphatic heterocycles. The van der Waals surface area contributed by atoms with E-state index in [1.165, 1.54) is 12.8 Å². The summed E-state index contributed by atoms with van der Waals surface area (Å²) in [5, 5.41) is 0. The van der Waals surface area contributed by atoms with Gasteiger partial charge in [-0.15, -0.1) is 0 Å². The summed E-state index contributed by atoms with van der Waals surface area (Å²) in [5.41, 5.74) is 6.82. The molecule has 0 fully saturated rings. The molecule has 0 spiro atoms. The molecule has 1 aromatic rings. The fourth-order valence-corrected chi connectivity index (χ4v) is 1.73. The zero-order valence-electron chi connectivity index (χ0n) is 9.99. The van der Waals surface area contributed by atoms with Crippen LogP contribution in [0.3, 0.4) is 0 Å². The zero-order valence-corrected chi connectivity index (χ0v) is 9.99. The Morgan fingerprint density at radius 3 is 2.50 bits per heavy atom. The van der Waals surface area contributed by atoms with E-state index in [2.05, 4.69) is 6.92 Å². The van der Waals surface area contributed by atoms with Crippen molar-refractivity contribution in [3.05, 3.63) is 35.9 Å². The van der Waals surface area contributed by atoms with E-state index in [9.17, 15) is 4.79 Å². The Labute approximate surface area is 97.9 Å². The molecule has 1 aromatic carbocycles. The van der Waals surface area contributed by atoms with Gasteiger partial charge in [-0.25, -0.2) is 0 Å². The second-order valence-corrected chi connectivity index (χ2v) is 4.17. The van der Waals surface area contributed by atoms with Gasteiger partial charge in [-0.05, 0) is 12.0 Å². The molecule has 0 saturated carbocycles. The van der Waals surface area contributed by atoms with Crippen molar-refractivity contribution in [1.82, 2.24) is 0 Å². The average Bonchev–Trinajstić information content (AvgIpc) is 2.34. The molecule has 0 saturated heterocycles. The summed E-state index contributed by atoms with van der Waals surface area (Å²) in [6.07, 6.45) is 5.10. The molecule has 16 heavy (non-hydrogen) atoms. The van der Waals surface area contributed by atoms with Crippen molar-refractivity contribution in [2.45, 2.75) is 45.1 Å². The van der Waals surface area contributed by atoms with Crippen LogP contribution in [-0.2, 0) is 4.79 Å². The Kier molecular flexibility index (Phi) is 5.79. The minimum absolute atomic E-state index is 0.155. The van der Waals surface area contributed by atoms with Crippen molar-refractivity contribution < 1.29 is 4.79 Å². The maximum atomic E-state index is 11.8. The molecule has 0 unspecified atom stereocenters. The number of hydrogen-bond acceptors (Lipinski definition) is 2. The fraction of sp³-hybridized carbons (Fsp3) is 0.500. The van der Waals surface area contributed by atoms with Crippen molar-refractivity contribution in [2.24, 2.45) is 5.73 Å². The Morgan fingerprint density at radius 2 is 1.88 bits per heavy atom. The number of unbranched alkanes of at least 4 members (excludes halogenated alkanes) is 3. The summed E-state index contributed by atoms with van der Waals surface area (Å²) >= 11 is 0. The normalized spacial score (nSPS) is 12.4. The van der Waals surface area contributed by atoms with Gasteiger partial charge in [-0.2, -0.15) is 0 Å². The van der Waals surface area contributed by atoms with Crippen LogP contribution in [0.2, 0.25) is 0 Å². The predicted octanol–water partition coefficient (Wildman–Crippen LogP) is 3.23. The maximum absolute atomic E-state index is 11.8. The first kappa shape index (κ1) is 12.9. The summed E-state index contributed by atoms with van der Waals surface area (Å²) in [6, 6.07) is 9.15. The summed E-state index contributed by atoms with van der Waals surface area (Å²) in [7, 11) is 0. The summed E-state index contributed by atoms with van der Waals surface area (Å²) in [6.45, 7) is 2.16. The van der Waals surface area contributed by atoms with E-state index in [0.29, 0.717) is 6.42 Å². The van der Waals surface area contributed by atoms with Gasteiger partial charge in [-0.3, -0.25) is 4.79 Å². The molecule has 2 heteroatoms. The van der Waals surface area contributed by atoms with E-state index < -0.39 is 6.04 Å². The Hall–Kier alpha value is -1.15. The van der Waals surface area contributed by atoms with Crippen LogP contribution in [0.1, 0.15) is 50.6 Å². The molecule has 1 atom stereocenters. The van der Waals surface area contributed by atoms with Gasteiger partial charge in [0.05, 0.1) is 6.04 Å². The first-order valence-corrected chi connectivity index (χ1v) is 6.09. The summed E-state index contributed by atoms with van der Waals surface area (Å²) in [5.74, 6) is 0.155. The highest BCUT2D eigenvalue weighted by molar-refractivity contribution is 5.84. The van der Waals surface area contributed by atoms with Gasteiger partial charge in [0, 0.05) is 6.42 Å². The molecule has 0 radical (unpaired) electrons. The quantitative estimate of drug-likeness (QED) is 0.715. The lowest BCUT2D eigenvalue weighted by Gasteiger charge is -2.10. The lowest BCUT2D eigenvalue weighted by atomic mass is 9.99. The van der Waals surface area contributed by atoms with Crippen LogP contribution in [0.15, 0.2) is 30.3 Å². The van der Waals surface area contributed by atoms with Crippen LogP contribution >= 0.6 is 0 Å². The van der Waals surface area contributed by atoms with Gasteiger partial charge < -0.3 is 5.73 Å². The van der Waals surface area contributed by atoms with E-state index in [1.54, 1.807) is 0 Å². The van der Waals surface area contributed by atoms with E-state index in [-0.39, 0.29) is 5.78 Å². The average molecular weight is 219 g/mol. The van der Waals surface area contributed by atoms with Gasteiger partial charge in [0.25, 0.3) is 0 Å². The lowest BCUT2D eigenvalue weighted by molar-refractivity contribution is -0.120. The molecule has 0 aromatic heterocycles. The molecule has 1 rings (SSSR count). The van der Waals surface area contributed by atoms with Crippen molar-refractivity contribution in [3.8, 4) is 0 Å². The molecule has 2 N–H and O–H groups in total. The number of benzene rings is 1. The third kappa shape index (κ3) is 4.15. The third-order valence-electron chi connectivity index (χ3n) is 2.78. The van der Waals surface area contributed by atoms with Crippen LogP contribution in [0, 0.1) is 0 Å². The predicted molar refractivity (Wildman–Crippen MR) is 67.1 cm³/mol. The first-order chi connectivity index (χ1) is 7.75. The second kappa shape index (κ2) is 7.18. The SMILES string of the molecule is CCCCCCC(=O)[C@@H](N)c1ccccc1. The Bertz CT molecular complexity index is 308. The number of nitrogens with two attached hydrogens (primary N) is 1. The van der Waals surface area contributed by atoms with E-state index in [0.717, 1.165) is 18.4 Å². The minimum Gasteiger partial charge on any atom is -0.318 e. The molecule has 0 heterocycles. The number of carbonyl (C=O) groups is 1. The van der Waals surface area contributed by atoms with Crippen molar-refractivity contribution >= 4 is 5.78 Å². The Balaban J connectivity index is 2.37. The van der Waals surface area contributed by atoms with Gasteiger partial charge in [0.1, 0.15) is 0 Å². The van der Waals surface area contributed by atoms with Crippen LogP contribution in [-0.4, -0.2) is 5.78 Å². The standard InChI is InChI=1S/C14H21NO/c1-2-3-4-8-11-13(16)14(15)12-9-6-5-7-10-12/h5-7,9-10,14H,2-4,8,11,15H2,1H3/t14-/m0/s1. The molecule has 88 valence electrons. The highest BCUT2D eigenvalue weighted by atomic mass is 16.1. The van der Waals surface area contributed by atoms with Crippen molar-refractivity contribution in [1.29, 1.82) is 0 Å². The third-order valence-corrected chi connectivity index (χ3v) is 2.78. The molecule has 0 bridgehead atoms. The van der Waals surface area contributed by atoms with Crippen LogP contribution in [0.25, 0.3) is 0 Å². The molecule has 0 amide bonds. The second-order valence-electron chi connectivity index (χ2n) is 4.17. The van der Waals surface area contributed by atoms with Gasteiger partial charge in [-0.1, -0.05) is 56.5 Å². The molecular formula is C14H21NO. The monoisotopic (exact) mass is 219 g/mol. The first-order valence-electron chi connectivity index (χ1n) is 6.09. The Morgan fingerprint density at radius 1 is 1.19 bits per heavy atom. The fourth-order valence-electron chi connectivity index (χ4n) is 1.73. The summed E-state index contributed by atoms with van der Waals surface area (Å²) in [4.78, 5) is 11.8. The smallest absolute Gasteiger partial charge is 0.154 e. The molecular weight excluding hydrogens is 198 g/mol. The van der Waals surface area contributed by atoms with Gasteiger partial charge in [0.2, 0.25) is 0 Å². The topological polar surface area (TPSA) is 43.1 Å². The molecule has 2 nitrogen and oxygen atoms in total. The number of ketones is 1. The number of hydrogen-bond donors (Lipinski definition) is 1. The van der Waals surface area contributed by atoms with Crippen molar-refractivity contribution in [2.75, 3.05) is 0 Å². The van der Waals surface area contributed by atoms with Gasteiger partial charge in [0.15, 0.2) is 5.78 Å². The summed E-state index contributed by atoms with van der Waals surface area (Å²) < 4.78 is 0. The van der Waals surface area contributed by atoms with E-state index in [1.807, 2.05) is 30.3 Å². The van der Waals surface area contributed by atoms with Crippen LogP contribution < -0.4 is 5.73 Å². The van der Waals surface area contributed by atoms with Crippen molar-refractivity contribution in [3.63, 3.8) is 0 Å². The van der Waals surface area contributed by atoms with E-state index >= 15 is 0 Å². The minimum atomic E-state index is -0.442. The highest BCUT2D eigenvalue weighted by Crippen LogP contribution is 2.14. The van der Waals surface area contributed by atoms with Crippen LogP contribution in [0.5, 0.6) is 0 Å².